The minimum atomic E-state index is -4.66. The number of nitrogens with zero attached hydrogens (tertiary/aromatic N) is 1. The quantitative estimate of drug-likeness (QED) is 0.924. The highest BCUT2D eigenvalue weighted by Gasteiger charge is 2.35. The van der Waals surface area contributed by atoms with Crippen LogP contribution in [-0.2, 0) is 0 Å². The molecule has 2 fully saturated rings. The van der Waals surface area contributed by atoms with Gasteiger partial charge in [-0.05, 0) is 37.4 Å². The van der Waals surface area contributed by atoms with E-state index in [0.29, 0.717) is 11.6 Å². The molecule has 0 radical (unpaired) electrons. The molecule has 2 aliphatic heterocycles. The number of para-hydroxylation sites is 2. The molecule has 0 aliphatic carbocycles. The van der Waals surface area contributed by atoms with E-state index in [1.54, 1.807) is 18.2 Å². The van der Waals surface area contributed by atoms with Crippen LogP contribution in [0, 0.1) is 5.92 Å². The molecule has 0 spiro atoms. The number of hydrogen-bond donors (Lipinski definition) is 1. The molecule has 3 rings (SSSR count). The largest absolute Gasteiger partial charge is 0.573 e. The Hall–Kier alpha value is -1.43. The third-order valence-corrected chi connectivity index (χ3v) is 4.09. The summed E-state index contributed by atoms with van der Waals surface area (Å²) in [7, 11) is 0. The maximum Gasteiger partial charge on any atom is 0.573 e. The standard InChI is InChI=1S/C14H17F3N2O/c15-14(16,17)20-13-4-2-1-3-12(13)18-11-6-8-19-7-5-10(11)9-19/h1-4,10-11,18H,5-9H2. The van der Waals surface area contributed by atoms with Gasteiger partial charge in [-0.3, -0.25) is 0 Å². The summed E-state index contributed by atoms with van der Waals surface area (Å²) in [6, 6.07) is 6.48. The van der Waals surface area contributed by atoms with Crippen LogP contribution >= 0.6 is 0 Å². The Kier molecular flexibility index (Phi) is 3.50. The molecule has 1 N–H and O–H groups in total. The number of fused-ring (bicyclic) bond motifs is 2. The summed E-state index contributed by atoms with van der Waals surface area (Å²) < 4.78 is 41.3. The normalized spacial score (nSPS) is 29.2. The zero-order valence-corrected chi connectivity index (χ0v) is 11.0. The molecular formula is C14H17F3N2O. The van der Waals surface area contributed by atoms with E-state index < -0.39 is 6.36 Å². The summed E-state index contributed by atoms with van der Waals surface area (Å²) in [4.78, 5) is 2.40. The van der Waals surface area contributed by atoms with Crippen molar-refractivity contribution in [3.63, 3.8) is 0 Å². The molecule has 110 valence electrons. The molecule has 3 nitrogen and oxygen atoms in total. The van der Waals surface area contributed by atoms with Crippen molar-refractivity contribution in [3.8, 4) is 5.75 Å². The zero-order chi connectivity index (χ0) is 14.2. The highest BCUT2D eigenvalue weighted by Crippen LogP contribution is 2.34. The zero-order valence-electron chi connectivity index (χ0n) is 11.0. The molecule has 3 atom stereocenters. The van der Waals surface area contributed by atoms with E-state index in [1.165, 1.54) is 6.07 Å². The fraction of sp³-hybridized carbons (Fsp3) is 0.571. The van der Waals surface area contributed by atoms with Crippen LogP contribution in [0.1, 0.15) is 12.8 Å². The first-order valence-corrected chi connectivity index (χ1v) is 6.85. The predicted octanol–water partition coefficient (Wildman–Crippen LogP) is 3.09. The summed E-state index contributed by atoms with van der Waals surface area (Å²) in [5, 5.41) is 3.25. The molecule has 0 aromatic heterocycles. The highest BCUT2D eigenvalue weighted by atomic mass is 19.4. The number of anilines is 1. The molecule has 2 saturated heterocycles. The molecule has 2 heterocycles. The van der Waals surface area contributed by atoms with Gasteiger partial charge in [0.2, 0.25) is 0 Å². The number of ether oxygens (including phenoxy) is 1. The van der Waals surface area contributed by atoms with E-state index in [4.69, 9.17) is 0 Å². The second-order valence-corrected chi connectivity index (χ2v) is 5.43. The van der Waals surface area contributed by atoms with Crippen molar-refractivity contribution < 1.29 is 17.9 Å². The van der Waals surface area contributed by atoms with Crippen LogP contribution < -0.4 is 10.1 Å². The second kappa shape index (κ2) is 5.16. The summed E-state index contributed by atoms with van der Waals surface area (Å²) in [6.07, 6.45) is -2.58. The van der Waals surface area contributed by atoms with Gasteiger partial charge in [0.15, 0.2) is 5.75 Å². The smallest absolute Gasteiger partial charge is 0.404 e. The van der Waals surface area contributed by atoms with E-state index >= 15 is 0 Å². The molecule has 20 heavy (non-hydrogen) atoms. The van der Waals surface area contributed by atoms with Crippen LogP contribution in [0.15, 0.2) is 24.3 Å². The Bertz CT molecular complexity index is 478. The minimum absolute atomic E-state index is 0.152. The maximum atomic E-state index is 12.4. The van der Waals surface area contributed by atoms with E-state index in [-0.39, 0.29) is 11.8 Å². The first-order valence-electron chi connectivity index (χ1n) is 6.85. The van der Waals surface area contributed by atoms with Gasteiger partial charge in [0, 0.05) is 19.1 Å². The van der Waals surface area contributed by atoms with E-state index in [0.717, 1.165) is 32.5 Å². The fourth-order valence-electron chi connectivity index (χ4n) is 3.14. The van der Waals surface area contributed by atoms with Crippen molar-refractivity contribution in [1.29, 1.82) is 0 Å². The molecule has 1 aromatic carbocycles. The summed E-state index contributed by atoms with van der Waals surface area (Å²) in [6.45, 7) is 3.15. The van der Waals surface area contributed by atoms with Crippen molar-refractivity contribution in [2.24, 2.45) is 5.92 Å². The predicted molar refractivity (Wildman–Crippen MR) is 69.7 cm³/mol. The number of nitrogens with one attached hydrogen (secondary N) is 1. The second-order valence-electron chi connectivity index (χ2n) is 5.43. The van der Waals surface area contributed by atoms with Crippen LogP contribution in [-0.4, -0.2) is 36.9 Å². The van der Waals surface area contributed by atoms with Gasteiger partial charge in [-0.15, -0.1) is 13.2 Å². The van der Waals surface area contributed by atoms with Gasteiger partial charge in [0.25, 0.3) is 0 Å². The van der Waals surface area contributed by atoms with Crippen LogP contribution in [0.5, 0.6) is 5.75 Å². The Morgan fingerprint density at radius 3 is 2.70 bits per heavy atom. The summed E-state index contributed by atoms with van der Waals surface area (Å²) in [5.74, 6) is 0.364. The third-order valence-electron chi connectivity index (χ3n) is 4.09. The number of benzene rings is 1. The SMILES string of the molecule is FC(F)(F)Oc1ccccc1NC1CCN2CCC1C2. The first-order chi connectivity index (χ1) is 9.51. The molecule has 0 saturated carbocycles. The topological polar surface area (TPSA) is 24.5 Å². The fourth-order valence-corrected chi connectivity index (χ4v) is 3.14. The van der Waals surface area contributed by atoms with Crippen molar-refractivity contribution in [2.45, 2.75) is 25.2 Å². The lowest BCUT2D eigenvalue weighted by Gasteiger charge is -2.32. The first kappa shape index (κ1) is 13.5. The van der Waals surface area contributed by atoms with Gasteiger partial charge in [-0.1, -0.05) is 12.1 Å². The van der Waals surface area contributed by atoms with Gasteiger partial charge in [-0.25, -0.2) is 0 Å². The molecular weight excluding hydrogens is 269 g/mol. The Balaban J connectivity index is 1.73. The van der Waals surface area contributed by atoms with Crippen molar-refractivity contribution in [3.05, 3.63) is 24.3 Å². The molecule has 6 heteroatoms. The average molecular weight is 286 g/mol. The van der Waals surface area contributed by atoms with Gasteiger partial charge < -0.3 is 15.0 Å². The number of rotatable bonds is 3. The van der Waals surface area contributed by atoms with E-state index in [1.807, 2.05) is 0 Å². The Labute approximate surface area is 115 Å². The monoisotopic (exact) mass is 286 g/mol. The van der Waals surface area contributed by atoms with Crippen molar-refractivity contribution >= 4 is 5.69 Å². The van der Waals surface area contributed by atoms with Crippen LogP contribution in [0.3, 0.4) is 0 Å². The van der Waals surface area contributed by atoms with Crippen LogP contribution in [0.2, 0.25) is 0 Å². The van der Waals surface area contributed by atoms with Crippen molar-refractivity contribution in [1.82, 2.24) is 4.90 Å². The highest BCUT2D eigenvalue weighted by molar-refractivity contribution is 5.57. The molecule has 0 amide bonds. The van der Waals surface area contributed by atoms with E-state index in [2.05, 4.69) is 15.0 Å². The van der Waals surface area contributed by atoms with Crippen molar-refractivity contribution in [2.75, 3.05) is 25.0 Å². The number of alkyl halides is 3. The Morgan fingerprint density at radius 1 is 1.15 bits per heavy atom. The number of hydrogen-bond acceptors (Lipinski definition) is 3. The summed E-state index contributed by atoms with van der Waals surface area (Å²) in [5.41, 5.74) is 0.426. The maximum absolute atomic E-state index is 12.4. The molecule has 2 bridgehead atoms. The lowest BCUT2D eigenvalue weighted by Crippen LogP contribution is -2.39. The van der Waals surface area contributed by atoms with Crippen LogP contribution in [0.4, 0.5) is 18.9 Å². The lowest BCUT2D eigenvalue weighted by atomic mass is 9.94. The van der Waals surface area contributed by atoms with E-state index in [9.17, 15) is 13.2 Å². The minimum Gasteiger partial charge on any atom is -0.404 e. The van der Waals surface area contributed by atoms with Gasteiger partial charge >= 0.3 is 6.36 Å². The van der Waals surface area contributed by atoms with Gasteiger partial charge in [0.05, 0.1) is 5.69 Å². The lowest BCUT2D eigenvalue weighted by molar-refractivity contribution is -0.274. The van der Waals surface area contributed by atoms with Gasteiger partial charge in [0.1, 0.15) is 0 Å². The third kappa shape index (κ3) is 3.00. The molecule has 3 unspecified atom stereocenters. The molecule has 2 aliphatic rings. The average Bonchev–Trinajstić information content (AvgIpc) is 2.76. The van der Waals surface area contributed by atoms with Crippen LogP contribution in [0.25, 0.3) is 0 Å². The number of halogens is 3. The Morgan fingerprint density at radius 2 is 1.90 bits per heavy atom. The van der Waals surface area contributed by atoms with Gasteiger partial charge in [-0.2, -0.15) is 0 Å². The molecule has 1 aromatic rings. The number of piperidine rings is 1. The summed E-state index contributed by atoms with van der Waals surface area (Å²) >= 11 is 0.